The normalized spacial score (nSPS) is 20.9. The Kier molecular flexibility index (Phi) is 7.65. The third-order valence-corrected chi connectivity index (χ3v) is 10.8. The van der Waals surface area contributed by atoms with E-state index in [4.69, 9.17) is 21.1 Å². The molecule has 234 valence electrons. The first kappa shape index (κ1) is 29.9. The first-order chi connectivity index (χ1) is 21.6. The number of carbonyl (C=O) groups excluding carboxylic acids is 1. The van der Waals surface area contributed by atoms with Crippen molar-refractivity contribution in [3.05, 3.63) is 88.7 Å². The average molecular weight is 625 g/mol. The van der Waals surface area contributed by atoms with Crippen LogP contribution >= 0.6 is 11.6 Å². The third kappa shape index (κ3) is 5.72. The molecule has 45 heavy (non-hydrogen) atoms. The molecule has 2 fully saturated rings. The molecular weight excluding hydrogens is 584 g/mol. The number of benzene rings is 2. The summed E-state index contributed by atoms with van der Waals surface area (Å²) < 4.78 is 11.3. The van der Waals surface area contributed by atoms with Crippen LogP contribution in [0.1, 0.15) is 62.4 Å². The quantitative estimate of drug-likeness (QED) is 0.208. The van der Waals surface area contributed by atoms with Crippen molar-refractivity contribution in [2.75, 3.05) is 38.2 Å². The Bertz CT molecular complexity index is 1770. The monoisotopic (exact) mass is 624 g/mol. The molecule has 1 saturated heterocycles. The van der Waals surface area contributed by atoms with Crippen molar-refractivity contribution >= 4 is 39.9 Å². The fourth-order valence-electron chi connectivity index (χ4n) is 7.50. The fourth-order valence-corrected chi connectivity index (χ4v) is 7.63. The predicted molar refractivity (Wildman–Crippen MR) is 180 cm³/mol. The number of pyridine rings is 1. The standard InChI is InChI=1S/C37H41ClN4O3/c1-24-22-42(29-9-10-31(35(43)44-4)33(18-29)45-30-17-26-11-14-39-34(26)40-21-30)16-15-41(24)23-27-19-37(12-13-37)36(2,3)20-32(27)25-5-7-28(38)8-6-25/h5-11,14,17-18,21,24H,12-13,15-16,19-20,22-23H2,1-4H3,(H,39,40). The maximum Gasteiger partial charge on any atom is 0.341 e. The fraction of sp³-hybridized carbons (Fsp3) is 0.405. The van der Waals surface area contributed by atoms with Gasteiger partial charge in [-0.05, 0) is 91.0 Å². The Morgan fingerprint density at radius 1 is 1.07 bits per heavy atom. The number of aromatic amines is 1. The summed E-state index contributed by atoms with van der Waals surface area (Å²) >= 11 is 6.27. The van der Waals surface area contributed by atoms with Crippen LogP contribution in [0.3, 0.4) is 0 Å². The summed E-state index contributed by atoms with van der Waals surface area (Å²) in [6.45, 7) is 11.0. The van der Waals surface area contributed by atoms with Crippen LogP contribution < -0.4 is 9.64 Å². The molecule has 1 spiro atoms. The van der Waals surface area contributed by atoms with Gasteiger partial charge in [0, 0.05) is 60.6 Å². The molecule has 1 atom stereocenters. The second-order valence-corrected chi connectivity index (χ2v) is 14.2. The summed E-state index contributed by atoms with van der Waals surface area (Å²) in [7, 11) is 1.39. The molecule has 7 nitrogen and oxygen atoms in total. The van der Waals surface area contributed by atoms with E-state index in [1.807, 2.05) is 42.6 Å². The minimum atomic E-state index is -0.431. The first-order valence-electron chi connectivity index (χ1n) is 15.9. The lowest BCUT2D eigenvalue weighted by Crippen LogP contribution is -2.52. The number of ether oxygens (including phenoxy) is 2. The number of nitrogens with zero attached hydrogens (tertiary/aromatic N) is 3. The van der Waals surface area contributed by atoms with Crippen LogP contribution in [0.15, 0.2) is 72.6 Å². The molecule has 1 N–H and O–H groups in total. The molecule has 0 radical (unpaired) electrons. The van der Waals surface area contributed by atoms with Crippen LogP contribution in [0.4, 0.5) is 5.69 Å². The van der Waals surface area contributed by atoms with Gasteiger partial charge in [-0.3, -0.25) is 4.90 Å². The Labute approximate surface area is 270 Å². The summed E-state index contributed by atoms with van der Waals surface area (Å²) in [6.07, 6.45) is 8.48. The summed E-state index contributed by atoms with van der Waals surface area (Å²) in [5, 5.41) is 1.72. The van der Waals surface area contributed by atoms with Gasteiger partial charge in [0.2, 0.25) is 0 Å². The summed E-state index contributed by atoms with van der Waals surface area (Å²) in [6, 6.07) is 18.4. The van der Waals surface area contributed by atoms with E-state index in [1.54, 1.807) is 17.8 Å². The number of carbonyl (C=O) groups is 1. The van der Waals surface area contributed by atoms with Crippen molar-refractivity contribution in [3.8, 4) is 11.5 Å². The van der Waals surface area contributed by atoms with E-state index in [0.717, 1.165) is 54.3 Å². The van der Waals surface area contributed by atoms with Crippen molar-refractivity contribution < 1.29 is 14.3 Å². The average Bonchev–Trinajstić information content (AvgIpc) is 3.67. The van der Waals surface area contributed by atoms with Crippen LogP contribution in [0.2, 0.25) is 5.02 Å². The number of halogens is 1. The van der Waals surface area contributed by atoms with Crippen molar-refractivity contribution in [1.29, 1.82) is 0 Å². The van der Waals surface area contributed by atoms with E-state index in [2.05, 4.69) is 52.7 Å². The van der Waals surface area contributed by atoms with Gasteiger partial charge < -0.3 is 19.4 Å². The third-order valence-electron chi connectivity index (χ3n) is 10.6. The van der Waals surface area contributed by atoms with E-state index in [9.17, 15) is 4.79 Å². The number of H-pyrrole nitrogens is 1. The maximum atomic E-state index is 12.6. The number of fused-ring (bicyclic) bond motifs is 1. The van der Waals surface area contributed by atoms with Gasteiger partial charge >= 0.3 is 5.97 Å². The first-order valence-corrected chi connectivity index (χ1v) is 16.3. The summed E-state index contributed by atoms with van der Waals surface area (Å²) in [5.74, 6) is 0.596. The van der Waals surface area contributed by atoms with Gasteiger partial charge in [-0.2, -0.15) is 0 Å². The maximum absolute atomic E-state index is 12.6. The Hall–Kier alpha value is -3.81. The van der Waals surface area contributed by atoms with Crippen LogP contribution in [0, 0.1) is 10.8 Å². The molecule has 0 amide bonds. The molecule has 7 rings (SSSR count). The molecule has 4 aromatic rings. The number of hydrogen-bond acceptors (Lipinski definition) is 6. The second-order valence-electron chi connectivity index (χ2n) is 13.7. The van der Waals surface area contributed by atoms with Gasteiger partial charge in [0.05, 0.1) is 13.3 Å². The van der Waals surface area contributed by atoms with Gasteiger partial charge in [0.1, 0.15) is 22.7 Å². The van der Waals surface area contributed by atoms with E-state index < -0.39 is 5.97 Å². The molecule has 1 saturated carbocycles. The largest absolute Gasteiger partial charge is 0.465 e. The van der Waals surface area contributed by atoms with Gasteiger partial charge in [-0.15, -0.1) is 0 Å². The lowest BCUT2D eigenvalue weighted by molar-refractivity contribution is 0.0598. The zero-order chi connectivity index (χ0) is 31.3. The number of piperazine rings is 1. The van der Waals surface area contributed by atoms with E-state index >= 15 is 0 Å². The number of hydrogen-bond donors (Lipinski definition) is 1. The summed E-state index contributed by atoms with van der Waals surface area (Å²) in [5.41, 5.74) is 7.37. The molecule has 2 aromatic heterocycles. The molecule has 0 bridgehead atoms. The van der Waals surface area contributed by atoms with Gasteiger partial charge in [-0.1, -0.05) is 43.2 Å². The highest BCUT2D eigenvalue weighted by Crippen LogP contribution is 2.67. The number of anilines is 1. The smallest absolute Gasteiger partial charge is 0.341 e. The van der Waals surface area contributed by atoms with Gasteiger partial charge in [-0.25, -0.2) is 9.78 Å². The van der Waals surface area contributed by atoms with Crippen molar-refractivity contribution in [2.24, 2.45) is 10.8 Å². The van der Waals surface area contributed by atoms with E-state index in [-0.39, 0.29) is 0 Å². The highest BCUT2D eigenvalue weighted by Gasteiger charge is 2.56. The Morgan fingerprint density at radius 3 is 2.60 bits per heavy atom. The molecule has 1 aliphatic heterocycles. The number of allylic oxidation sites excluding steroid dienone is 1. The minimum Gasteiger partial charge on any atom is -0.465 e. The molecule has 2 aromatic carbocycles. The number of aromatic nitrogens is 2. The van der Waals surface area contributed by atoms with Crippen molar-refractivity contribution in [1.82, 2.24) is 14.9 Å². The summed E-state index contributed by atoms with van der Waals surface area (Å²) in [4.78, 5) is 25.2. The van der Waals surface area contributed by atoms with E-state index in [0.29, 0.717) is 33.9 Å². The van der Waals surface area contributed by atoms with Gasteiger partial charge in [0.25, 0.3) is 0 Å². The number of nitrogens with one attached hydrogen (secondary N) is 1. The van der Waals surface area contributed by atoms with Crippen molar-refractivity contribution in [3.63, 3.8) is 0 Å². The predicted octanol–water partition coefficient (Wildman–Crippen LogP) is 8.36. The zero-order valence-corrected chi connectivity index (χ0v) is 27.3. The Morgan fingerprint density at radius 2 is 1.87 bits per heavy atom. The zero-order valence-electron chi connectivity index (χ0n) is 26.5. The van der Waals surface area contributed by atoms with E-state index in [1.165, 1.54) is 37.5 Å². The molecule has 8 heteroatoms. The molecule has 3 aliphatic rings. The van der Waals surface area contributed by atoms with Crippen LogP contribution in [0.5, 0.6) is 11.5 Å². The van der Waals surface area contributed by atoms with Crippen LogP contribution in [-0.4, -0.2) is 60.2 Å². The van der Waals surface area contributed by atoms with Crippen LogP contribution in [0.25, 0.3) is 16.6 Å². The number of esters is 1. The number of rotatable bonds is 7. The lowest BCUT2D eigenvalue weighted by atomic mass is 9.63. The SMILES string of the molecule is COC(=O)c1ccc(N2CCN(CC3=C(c4ccc(Cl)cc4)CC(C)(C)C4(CC4)C3)C(C)C2)cc1Oc1cnc2[nH]ccc2c1. The molecule has 3 heterocycles. The van der Waals surface area contributed by atoms with Crippen molar-refractivity contribution in [2.45, 2.75) is 52.5 Å². The second kappa shape index (κ2) is 11.5. The topological polar surface area (TPSA) is 70.7 Å². The Balaban J connectivity index is 1.11. The van der Waals surface area contributed by atoms with Crippen LogP contribution in [-0.2, 0) is 4.74 Å². The molecular formula is C37H41ClN4O3. The highest BCUT2D eigenvalue weighted by atomic mass is 35.5. The van der Waals surface area contributed by atoms with Gasteiger partial charge in [0.15, 0.2) is 0 Å². The molecule has 1 unspecified atom stereocenters. The highest BCUT2D eigenvalue weighted by molar-refractivity contribution is 6.30. The number of methoxy groups -OCH3 is 1. The lowest BCUT2D eigenvalue weighted by Gasteiger charge is -2.45. The minimum absolute atomic E-state index is 0.301. The molecule has 2 aliphatic carbocycles.